The van der Waals surface area contributed by atoms with Crippen LogP contribution in [0, 0.1) is 0 Å². The van der Waals surface area contributed by atoms with Gasteiger partial charge in [0.1, 0.15) is 0 Å². The Hall–Kier alpha value is 0.466. The minimum Gasteiger partial charge on any atom is -0.724 e. The maximum absolute atomic E-state index is 9.50. The van der Waals surface area contributed by atoms with Gasteiger partial charge in [-0.05, 0) is 5.64 Å². The van der Waals surface area contributed by atoms with Crippen molar-refractivity contribution in [2.75, 3.05) is 0 Å². The second kappa shape index (κ2) is 5.25. The van der Waals surface area contributed by atoms with Crippen LogP contribution in [-0.2, 0) is 29.4 Å². The van der Waals surface area contributed by atoms with E-state index in [0.29, 0.717) is 5.64 Å². The van der Waals surface area contributed by atoms with Crippen LogP contribution in [0.15, 0.2) is 0 Å². The molecule has 0 saturated heterocycles. The molecule has 0 aliphatic carbocycles. The molecule has 12 heavy (non-hydrogen) atoms. The van der Waals surface area contributed by atoms with Crippen LogP contribution in [-0.4, -0.2) is 49.0 Å². The summed E-state index contributed by atoms with van der Waals surface area (Å²) in [5.41, 5.74) is 0.664. The van der Waals surface area contributed by atoms with Gasteiger partial charge in [-0.2, -0.15) is 8.57 Å². The molecule has 0 unspecified atom stereocenters. The van der Waals surface area contributed by atoms with E-state index in [1.54, 1.807) is 0 Å². The third kappa shape index (κ3) is 13.1. The third-order valence-electron chi connectivity index (χ3n) is 0.272. The average Bonchev–Trinajstić information content (AvgIpc) is 1.55. The zero-order valence-corrected chi connectivity index (χ0v) is 8.34. The van der Waals surface area contributed by atoms with Gasteiger partial charge in [0.15, 0.2) is 0 Å². The number of hydrogen-bond donors (Lipinski definition) is 1. The van der Waals surface area contributed by atoms with Crippen LogP contribution in [0.1, 0.15) is 0 Å². The Morgan fingerprint density at radius 3 is 1.33 bits per heavy atom. The first-order chi connectivity index (χ1) is 4.71. The molecule has 0 saturated carbocycles. The van der Waals surface area contributed by atoms with Crippen molar-refractivity contribution in [2.24, 2.45) is 0 Å². The van der Waals surface area contributed by atoms with Gasteiger partial charge in [0.05, 0.1) is 0 Å². The van der Waals surface area contributed by atoms with Gasteiger partial charge < -0.3 is 9.11 Å². The predicted octanol–water partition coefficient (Wildman–Crippen LogP) is -3.02. The molecule has 1 N–H and O–H groups in total. The summed E-state index contributed by atoms with van der Waals surface area (Å²) in [6, 6.07) is 0. The van der Waals surface area contributed by atoms with Crippen LogP contribution >= 0.6 is 0 Å². The molecule has 0 bridgehead atoms. The molecule has 0 amide bonds. The van der Waals surface area contributed by atoms with Crippen molar-refractivity contribution in [3.8, 4) is 0 Å². The van der Waals surface area contributed by atoms with Gasteiger partial charge in [0.25, 0.3) is 0 Å². The second-order valence-corrected chi connectivity index (χ2v) is 3.03. The summed E-state index contributed by atoms with van der Waals surface area (Å²) in [5.74, 6) is 0. The molecule has 0 fully saturated rings. The summed E-state index contributed by atoms with van der Waals surface area (Å²) < 4.78 is 62.9. The number of rotatable bonds is 4. The zero-order chi connectivity index (χ0) is 9.12. The van der Waals surface area contributed by atoms with E-state index >= 15 is 0 Å². The SMILES string of the molecule is O=S(=O)([O-])ONOS(=O)(=O)[O-].[Mg+2]. The molecule has 0 aliphatic rings. The van der Waals surface area contributed by atoms with Gasteiger partial charge in [-0.15, -0.1) is 0 Å². The van der Waals surface area contributed by atoms with E-state index in [2.05, 4.69) is 8.57 Å². The molecular formula is HMgNO8S2. The van der Waals surface area contributed by atoms with Gasteiger partial charge >= 0.3 is 23.1 Å². The van der Waals surface area contributed by atoms with Crippen LogP contribution in [0.25, 0.3) is 0 Å². The van der Waals surface area contributed by atoms with E-state index in [-0.39, 0.29) is 23.1 Å². The van der Waals surface area contributed by atoms with Crippen molar-refractivity contribution in [3.63, 3.8) is 0 Å². The molecular weight excluding hydrogens is 230 g/mol. The first-order valence-corrected chi connectivity index (χ1v) is 4.41. The van der Waals surface area contributed by atoms with Crippen molar-refractivity contribution in [3.05, 3.63) is 0 Å². The van der Waals surface area contributed by atoms with E-state index in [9.17, 15) is 25.9 Å². The fraction of sp³-hybridized carbons (Fsp3) is 0. The standard InChI is InChI=1S/Mg.H3NO8S2/c;2-10(3,4)8-1-9-11(5,6)7/h;1H,(H,2,3,4)(H,5,6,7)/q+2;/p-2. The summed E-state index contributed by atoms with van der Waals surface area (Å²) in [6.07, 6.45) is 0. The minimum absolute atomic E-state index is 0. The molecule has 0 aromatic heterocycles. The Kier molecular flexibility index (Phi) is 6.55. The van der Waals surface area contributed by atoms with Crippen LogP contribution in [0.3, 0.4) is 0 Å². The van der Waals surface area contributed by atoms with E-state index in [1.807, 2.05) is 0 Å². The van der Waals surface area contributed by atoms with Crippen LogP contribution < -0.4 is 5.64 Å². The topological polar surface area (TPSA) is 145 Å². The molecule has 0 heterocycles. The molecule has 12 heteroatoms. The number of nitrogens with one attached hydrogen (secondary N) is 1. The summed E-state index contributed by atoms with van der Waals surface area (Å²) in [7, 11) is -10.3. The summed E-state index contributed by atoms with van der Waals surface area (Å²) in [4.78, 5) is 0. The predicted molar refractivity (Wildman–Crippen MR) is 30.5 cm³/mol. The molecule has 0 aromatic rings. The van der Waals surface area contributed by atoms with E-state index in [4.69, 9.17) is 0 Å². The smallest absolute Gasteiger partial charge is 0.724 e. The van der Waals surface area contributed by atoms with Crippen molar-refractivity contribution >= 4 is 43.9 Å². The Balaban J connectivity index is 0. The molecule has 68 valence electrons. The van der Waals surface area contributed by atoms with Gasteiger partial charge in [0, 0.05) is 0 Å². The molecule has 0 atom stereocenters. The maximum Gasteiger partial charge on any atom is 2.00 e. The first-order valence-electron chi connectivity index (χ1n) is 1.74. The molecule has 0 aromatic carbocycles. The Morgan fingerprint density at radius 2 is 1.17 bits per heavy atom. The monoisotopic (exact) mass is 231 g/mol. The maximum atomic E-state index is 9.50. The van der Waals surface area contributed by atoms with Gasteiger partial charge in [-0.25, -0.2) is 16.8 Å². The first kappa shape index (κ1) is 15.0. The largest absolute Gasteiger partial charge is 2.00 e. The second-order valence-electron chi connectivity index (χ2n) is 1.07. The van der Waals surface area contributed by atoms with Crippen LogP contribution in [0.5, 0.6) is 0 Å². The van der Waals surface area contributed by atoms with Crippen molar-refractivity contribution in [1.29, 1.82) is 0 Å². The molecule has 0 spiro atoms. The van der Waals surface area contributed by atoms with E-state index in [1.165, 1.54) is 0 Å². The van der Waals surface area contributed by atoms with Crippen molar-refractivity contribution < 1.29 is 34.5 Å². The Bertz CT molecular complexity index is 266. The average molecular weight is 231 g/mol. The number of hydrogen-bond acceptors (Lipinski definition) is 9. The Labute approximate surface area is 84.0 Å². The molecule has 9 nitrogen and oxygen atoms in total. The minimum atomic E-state index is -5.14. The molecule has 0 rings (SSSR count). The summed E-state index contributed by atoms with van der Waals surface area (Å²) in [6.45, 7) is 0. The third-order valence-corrected chi connectivity index (χ3v) is 0.816. The fourth-order valence-corrected chi connectivity index (χ4v) is 0.375. The molecule has 0 aliphatic heterocycles. The Morgan fingerprint density at radius 1 is 0.917 bits per heavy atom. The van der Waals surface area contributed by atoms with Crippen LogP contribution in [0.2, 0.25) is 0 Å². The quantitative estimate of drug-likeness (QED) is 0.231. The normalized spacial score (nSPS) is 12.2. The van der Waals surface area contributed by atoms with Crippen molar-refractivity contribution in [2.45, 2.75) is 0 Å². The summed E-state index contributed by atoms with van der Waals surface area (Å²) >= 11 is 0. The van der Waals surface area contributed by atoms with Crippen molar-refractivity contribution in [1.82, 2.24) is 5.64 Å². The fourth-order valence-electron chi connectivity index (χ4n) is 0.0972. The van der Waals surface area contributed by atoms with E-state index < -0.39 is 20.8 Å². The molecule has 0 radical (unpaired) electrons. The van der Waals surface area contributed by atoms with Crippen LogP contribution in [0.4, 0.5) is 0 Å². The van der Waals surface area contributed by atoms with Gasteiger partial charge in [0.2, 0.25) is 20.8 Å². The zero-order valence-electron chi connectivity index (χ0n) is 5.29. The van der Waals surface area contributed by atoms with Gasteiger partial charge in [-0.3, -0.25) is 0 Å². The van der Waals surface area contributed by atoms with Gasteiger partial charge in [-0.1, -0.05) is 0 Å². The van der Waals surface area contributed by atoms with E-state index in [0.717, 1.165) is 0 Å². The summed E-state index contributed by atoms with van der Waals surface area (Å²) in [5, 5.41) is 0.